The summed E-state index contributed by atoms with van der Waals surface area (Å²) in [5.74, 6) is -2.37. The average Bonchev–Trinajstić information content (AvgIpc) is 2.37. The first kappa shape index (κ1) is 14.9. The second-order valence-corrected chi connectivity index (χ2v) is 5.69. The number of halogens is 4. The van der Waals surface area contributed by atoms with E-state index in [-0.39, 0.29) is 10.5 Å². The van der Waals surface area contributed by atoms with Gasteiger partial charge in [-0.05, 0) is 12.1 Å². The van der Waals surface area contributed by atoms with E-state index in [1.54, 1.807) is 0 Å². The number of carbonyl (C=O) groups is 1. The Kier molecular flexibility index (Phi) is 4.92. The van der Waals surface area contributed by atoms with Gasteiger partial charge in [-0.15, -0.1) is 0 Å². The van der Waals surface area contributed by atoms with Crippen LogP contribution in [-0.2, 0) is 4.74 Å². The summed E-state index contributed by atoms with van der Waals surface area (Å²) in [6.45, 7) is 1.05. The topological polar surface area (TPSA) is 29.5 Å². The minimum absolute atomic E-state index is 0.219. The molecule has 1 aromatic carbocycles. The number of carbonyl (C=O) groups excluding carboxylic acids is 1. The van der Waals surface area contributed by atoms with E-state index in [0.29, 0.717) is 25.1 Å². The highest BCUT2D eigenvalue weighted by Crippen LogP contribution is 2.22. The van der Waals surface area contributed by atoms with Crippen LogP contribution in [-0.4, -0.2) is 41.9 Å². The standard InChI is InChI=1S/C12H11Br2F2NO2/c13-5-8-6-19-2-1-17(8)12(18)11-9(15)3-7(14)4-10(11)16/h3-4,8H,1-2,5-6H2. The van der Waals surface area contributed by atoms with Crippen molar-refractivity contribution in [3.63, 3.8) is 0 Å². The number of amides is 1. The Morgan fingerprint density at radius 3 is 2.63 bits per heavy atom. The molecule has 0 aromatic heterocycles. The molecule has 7 heteroatoms. The van der Waals surface area contributed by atoms with Crippen molar-refractivity contribution in [2.45, 2.75) is 6.04 Å². The molecule has 0 saturated carbocycles. The fraction of sp³-hybridized carbons (Fsp3) is 0.417. The van der Waals surface area contributed by atoms with E-state index in [2.05, 4.69) is 31.9 Å². The van der Waals surface area contributed by atoms with Crippen molar-refractivity contribution in [3.05, 3.63) is 33.8 Å². The largest absolute Gasteiger partial charge is 0.377 e. The maximum absolute atomic E-state index is 13.8. The summed E-state index contributed by atoms with van der Waals surface area (Å²) >= 11 is 6.26. The van der Waals surface area contributed by atoms with Gasteiger partial charge >= 0.3 is 0 Å². The van der Waals surface area contributed by atoms with Crippen molar-refractivity contribution in [1.29, 1.82) is 0 Å². The van der Waals surface area contributed by atoms with Gasteiger partial charge in [0.15, 0.2) is 0 Å². The van der Waals surface area contributed by atoms with Crippen LogP contribution >= 0.6 is 31.9 Å². The first-order chi connectivity index (χ1) is 9.04. The molecular formula is C12H11Br2F2NO2. The Morgan fingerprint density at radius 1 is 1.42 bits per heavy atom. The molecule has 0 spiro atoms. The van der Waals surface area contributed by atoms with Crippen LogP contribution in [0.5, 0.6) is 0 Å². The normalized spacial score (nSPS) is 19.6. The van der Waals surface area contributed by atoms with E-state index < -0.39 is 23.1 Å². The number of ether oxygens (including phenoxy) is 1. The van der Waals surface area contributed by atoms with Gasteiger partial charge in [0.1, 0.15) is 17.2 Å². The van der Waals surface area contributed by atoms with E-state index in [1.807, 2.05) is 0 Å². The zero-order valence-electron chi connectivity index (χ0n) is 9.84. The Morgan fingerprint density at radius 2 is 2.05 bits per heavy atom. The van der Waals surface area contributed by atoms with Crippen LogP contribution < -0.4 is 0 Å². The molecule has 0 N–H and O–H groups in total. The molecule has 0 aliphatic carbocycles. The van der Waals surface area contributed by atoms with Gasteiger partial charge in [-0.1, -0.05) is 31.9 Å². The smallest absolute Gasteiger partial charge is 0.260 e. The lowest BCUT2D eigenvalue weighted by Gasteiger charge is -2.34. The lowest BCUT2D eigenvalue weighted by Crippen LogP contribution is -2.50. The molecule has 0 bridgehead atoms. The number of benzene rings is 1. The Labute approximate surface area is 126 Å². The van der Waals surface area contributed by atoms with Crippen molar-refractivity contribution in [1.82, 2.24) is 4.90 Å². The number of morpholine rings is 1. The van der Waals surface area contributed by atoms with Crippen molar-refractivity contribution in [2.75, 3.05) is 25.1 Å². The first-order valence-corrected chi connectivity index (χ1v) is 7.55. The summed E-state index contributed by atoms with van der Waals surface area (Å²) in [5, 5.41) is 0.499. The van der Waals surface area contributed by atoms with E-state index in [9.17, 15) is 13.6 Å². The monoisotopic (exact) mass is 397 g/mol. The van der Waals surface area contributed by atoms with Gasteiger partial charge in [0.25, 0.3) is 5.91 Å². The minimum Gasteiger partial charge on any atom is -0.377 e. The molecule has 19 heavy (non-hydrogen) atoms. The number of hydrogen-bond donors (Lipinski definition) is 0. The zero-order valence-corrected chi connectivity index (χ0v) is 13.0. The van der Waals surface area contributed by atoms with Crippen LogP contribution in [0.4, 0.5) is 8.78 Å². The maximum atomic E-state index is 13.8. The van der Waals surface area contributed by atoms with Gasteiger partial charge in [-0.25, -0.2) is 8.78 Å². The van der Waals surface area contributed by atoms with Gasteiger partial charge in [-0.2, -0.15) is 0 Å². The van der Waals surface area contributed by atoms with Gasteiger partial charge in [-0.3, -0.25) is 4.79 Å². The molecule has 1 heterocycles. The molecule has 1 aliphatic heterocycles. The Hall–Kier alpha value is -0.530. The highest BCUT2D eigenvalue weighted by atomic mass is 79.9. The Balaban J connectivity index is 2.33. The highest BCUT2D eigenvalue weighted by molar-refractivity contribution is 9.10. The number of hydrogen-bond acceptors (Lipinski definition) is 2. The first-order valence-electron chi connectivity index (χ1n) is 5.63. The third kappa shape index (κ3) is 3.14. The average molecular weight is 399 g/mol. The molecular weight excluding hydrogens is 388 g/mol. The van der Waals surface area contributed by atoms with Gasteiger partial charge in [0.05, 0.1) is 19.3 Å². The summed E-state index contributed by atoms with van der Waals surface area (Å²) < 4.78 is 33.1. The number of rotatable bonds is 2. The molecule has 1 saturated heterocycles. The lowest BCUT2D eigenvalue weighted by atomic mass is 10.1. The maximum Gasteiger partial charge on any atom is 0.260 e. The zero-order chi connectivity index (χ0) is 14.0. The van der Waals surface area contributed by atoms with Gasteiger partial charge < -0.3 is 9.64 Å². The van der Waals surface area contributed by atoms with Crippen molar-refractivity contribution >= 4 is 37.8 Å². The molecule has 0 radical (unpaired) electrons. The molecule has 2 rings (SSSR count). The van der Waals surface area contributed by atoms with E-state index >= 15 is 0 Å². The second kappa shape index (κ2) is 6.28. The van der Waals surface area contributed by atoms with Crippen LogP contribution in [0.1, 0.15) is 10.4 Å². The minimum atomic E-state index is -0.864. The molecule has 1 amide bonds. The predicted molar refractivity (Wildman–Crippen MR) is 73.5 cm³/mol. The van der Waals surface area contributed by atoms with Crippen molar-refractivity contribution < 1.29 is 18.3 Å². The summed E-state index contributed by atoms with van der Waals surface area (Å²) in [5.41, 5.74) is -0.518. The van der Waals surface area contributed by atoms with E-state index in [0.717, 1.165) is 12.1 Å². The van der Waals surface area contributed by atoms with E-state index in [1.165, 1.54) is 4.90 Å². The van der Waals surface area contributed by atoms with Crippen LogP contribution in [0.25, 0.3) is 0 Å². The number of nitrogens with zero attached hydrogens (tertiary/aromatic N) is 1. The van der Waals surface area contributed by atoms with Gasteiger partial charge in [0.2, 0.25) is 0 Å². The summed E-state index contributed by atoms with van der Waals surface area (Å²) in [4.78, 5) is 13.7. The molecule has 1 fully saturated rings. The van der Waals surface area contributed by atoms with Crippen LogP contribution in [0.15, 0.2) is 16.6 Å². The lowest BCUT2D eigenvalue weighted by molar-refractivity contribution is 0.00473. The SMILES string of the molecule is O=C(c1c(F)cc(Br)cc1F)N1CCOCC1CBr. The molecule has 1 atom stereocenters. The second-order valence-electron chi connectivity index (χ2n) is 4.13. The van der Waals surface area contributed by atoms with Crippen molar-refractivity contribution in [3.8, 4) is 0 Å². The summed E-state index contributed by atoms with van der Waals surface area (Å²) in [6, 6.07) is 1.95. The molecule has 1 aromatic rings. The Bertz CT molecular complexity index is 476. The fourth-order valence-electron chi connectivity index (χ4n) is 1.94. The molecule has 1 aliphatic rings. The molecule has 104 valence electrons. The van der Waals surface area contributed by atoms with Crippen LogP contribution in [0.2, 0.25) is 0 Å². The van der Waals surface area contributed by atoms with Crippen LogP contribution in [0.3, 0.4) is 0 Å². The third-order valence-electron chi connectivity index (χ3n) is 2.89. The predicted octanol–water partition coefficient (Wildman–Crippen LogP) is 2.96. The summed E-state index contributed by atoms with van der Waals surface area (Å²) in [6.07, 6.45) is 0. The van der Waals surface area contributed by atoms with E-state index in [4.69, 9.17) is 4.74 Å². The molecule has 3 nitrogen and oxygen atoms in total. The summed E-state index contributed by atoms with van der Waals surface area (Å²) in [7, 11) is 0. The van der Waals surface area contributed by atoms with Gasteiger partial charge in [0, 0.05) is 16.3 Å². The number of alkyl halides is 1. The highest BCUT2D eigenvalue weighted by Gasteiger charge is 2.30. The quantitative estimate of drug-likeness (QED) is 0.717. The van der Waals surface area contributed by atoms with Crippen molar-refractivity contribution in [2.24, 2.45) is 0 Å². The van der Waals surface area contributed by atoms with Crippen LogP contribution in [0, 0.1) is 11.6 Å². The molecule has 1 unspecified atom stereocenters. The fourth-order valence-corrected chi connectivity index (χ4v) is 2.88. The third-order valence-corrected chi connectivity index (χ3v) is 4.09.